The molecule has 2 rings (SSSR count). The summed E-state index contributed by atoms with van der Waals surface area (Å²) in [6, 6.07) is 7.44. The SMILES string of the molecule is Cc1cc(C)n(CCCN=C(N)NC(C)c2ccc(Cl)cc2Cl)n1. The van der Waals surface area contributed by atoms with Gasteiger partial charge in [0, 0.05) is 28.8 Å². The summed E-state index contributed by atoms with van der Waals surface area (Å²) in [5.41, 5.74) is 9.08. The maximum absolute atomic E-state index is 6.20. The van der Waals surface area contributed by atoms with Crippen LogP contribution in [0.3, 0.4) is 0 Å². The summed E-state index contributed by atoms with van der Waals surface area (Å²) in [5.74, 6) is 0.405. The van der Waals surface area contributed by atoms with Crippen LogP contribution in [0.25, 0.3) is 0 Å². The molecule has 0 amide bonds. The van der Waals surface area contributed by atoms with Gasteiger partial charge in [0.15, 0.2) is 5.96 Å². The lowest BCUT2D eigenvalue weighted by molar-refractivity contribution is 0.567. The van der Waals surface area contributed by atoms with Gasteiger partial charge in [0.25, 0.3) is 0 Å². The van der Waals surface area contributed by atoms with Gasteiger partial charge in [-0.25, -0.2) is 0 Å². The Kier molecular flexibility index (Phi) is 6.52. The zero-order valence-corrected chi connectivity index (χ0v) is 15.7. The normalized spacial score (nSPS) is 13.1. The highest BCUT2D eigenvalue weighted by Crippen LogP contribution is 2.25. The minimum atomic E-state index is -0.0467. The molecule has 0 aliphatic carbocycles. The second-order valence-corrected chi connectivity index (χ2v) is 6.65. The molecule has 3 N–H and O–H groups in total. The quantitative estimate of drug-likeness (QED) is 0.462. The maximum atomic E-state index is 6.20. The number of aryl methyl sites for hydroxylation is 3. The van der Waals surface area contributed by atoms with E-state index in [1.165, 1.54) is 0 Å². The van der Waals surface area contributed by atoms with Crippen molar-refractivity contribution >= 4 is 29.2 Å². The molecule has 0 saturated heterocycles. The summed E-state index contributed by atoms with van der Waals surface area (Å²) < 4.78 is 1.99. The van der Waals surface area contributed by atoms with Gasteiger partial charge in [-0.1, -0.05) is 29.3 Å². The minimum Gasteiger partial charge on any atom is -0.370 e. The molecule has 0 fully saturated rings. The number of nitrogens with one attached hydrogen (secondary N) is 1. The lowest BCUT2D eigenvalue weighted by Crippen LogP contribution is -2.34. The maximum Gasteiger partial charge on any atom is 0.189 e. The molecular weight excluding hydrogens is 345 g/mol. The molecule has 1 unspecified atom stereocenters. The number of nitrogens with zero attached hydrogens (tertiary/aromatic N) is 3. The van der Waals surface area contributed by atoms with E-state index in [2.05, 4.69) is 28.4 Å². The summed E-state index contributed by atoms with van der Waals surface area (Å²) in [4.78, 5) is 4.36. The molecule has 0 aliphatic rings. The number of nitrogens with two attached hydrogens (primary N) is 1. The molecule has 0 aliphatic heterocycles. The van der Waals surface area contributed by atoms with Gasteiger partial charge in [0.1, 0.15) is 0 Å². The zero-order valence-electron chi connectivity index (χ0n) is 14.2. The summed E-state index contributed by atoms with van der Waals surface area (Å²) >= 11 is 12.1. The number of aliphatic imine (C=N–C) groups is 1. The summed E-state index contributed by atoms with van der Waals surface area (Å²) in [6.45, 7) is 7.49. The van der Waals surface area contributed by atoms with Gasteiger partial charge >= 0.3 is 0 Å². The second-order valence-electron chi connectivity index (χ2n) is 5.80. The van der Waals surface area contributed by atoms with Crippen LogP contribution >= 0.6 is 23.2 Å². The van der Waals surface area contributed by atoms with Crippen molar-refractivity contribution in [3.63, 3.8) is 0 Å². The Bertz CT molecular complexity index is 724. The molecule has 0 radical (unpaired) electrons. The van der Waals surface area contributed by atoms with Crippen LogP contribution in [0.2, 0.25) is 10.0 Å². The third-order valence-corrected chi connectivity index (χ3v) is 4.27. The van der Waals surface area contributed by atoms with Gasteiger partial charge in [-0.3, -0.25) is 9.67 Å². The molecule has 7 heteroatoms. The van der Waals surface area contributed by atoms with E-state index in [1.807, 2.05) is 30.7 Å². The number of benzene rings is 1. The standard InChI is InChI=1S/C17H23Cl2N5/c1-11-9-12(2)24(23-11)8-4-7-21-17(20)22-13(3)15-6-5-14(18)10-16(15)19/h5-6,9-10,13H,4,7-8H2,1-3H3,(H3,20,21,22). The Morgan fingerprint density at radius 3 is 2.71 bits per heavy atom. The van der Waals surface area contributed by atoms with Gasteiger partial charge in [0.2, 0.25) is 0 Å². The van der Waals surface area contributed by atoms with Crippen LogP contribution in [0.1, 0.15) is 36.3 Å². The van der Waals surface area contributed by atoms with Crippen molar-refractivity contribution in [2.24, 2.45) is 10.7 Å². The van der Waals surface area contributed by atoms with E-state index in [9.17, 15) is 0 Å². The van der Waals surface area contributed by atoms with Crippen LogP contribution < -0.4 is 11.1 Å². The van der Waals surface area contributed by atoms with Crippen LogP contribution in [-0.4, -0.2) is 22.3 Å². The predicted molar refractivity (Wildman–Crippen MR) is 101 cm³/mol. The van der Waals surface area contributed by atoms with Crippen LogP contribution in [-0.2, 0) is 6.54 Å². The van der Waals surface area contributed by atoms with E-state index in [-0.39, 0.29) is 6.04 Å². The fourth-order valence-corrected chi connectivity index (χ4v) is 3.09. The first kappa shape index (κ1) is 18.6. The molecule has 2 aromatic rings. The molecule has 5 nitrogen and oxygen atoms in total. The fraction of sp³-hybridized carbons (Fsp3) is 0.412. The molecule has 1 aromatic heterocycles. The highest BCUT2D eigenvalue weighted by atomic mass is 35.5. The molecule has 1 aromatic carbocycles. The number of aromatic nitrogens is 2. The summed E-state index contributed by atoms with van der Waals surface area (Å²) in [5, 5.41) is 8.80. The molecule has 1 heterocycles. The van der Waals surface area contributed by atoms with Crippen molar-refractivity contribution in [3.8, 4) is 0 Å². The van der Waals surface area contributed by atoms with E-state index in [0.717, 1.165) is 29.9 Å². The number of hydrogen-bond donors (Lipinski definition) is 2. The molecule has 0 bridgehead atoms. The Hall–Kier alpha value is -1.72. The highest BCUT2D eigenvalue weighted by Gasteiger charge is 2.10. The smallest absolute Gasteiger partial charge is 0.189 e. The van der Waals surface area contributed by atoms with Gasteiger partial charge in [-0.2, -0.15) is 5.10 Å². The Morgan fingerprint density at radius 1 is 1.33 bits per heavy atom. The van der Waals surface area contributed by atoms with E-state index in [0.29, 0.717) is 22.5 Å². The lowest BCUT2D eigenvalue weighted by Gasteiger charge is -2.16. The van der Waals surface area contributed by atoms with Crippen molar-refractivity contribution in [1.82, 2.24) is 15.1 Å². The summed E-state index contributed by atoms with van der Waals surface area (Å²) in [7, 11) is 0. The molecule has 0 spiro atoms. The topological polar surface area (TPSA) is 68.2 Å². The molecule has 130 valence electrons. The van der Waals surface area contributed by atoms with Gasteiger partial charge in [-0.05, 0) is 51.0 Å². The molecule has 0 saturated carbocycles. The fourth-order valence-electron chi connectivity index (χ4n) is 2.52. The van der Waals surface area contributed by atoms with E-state index >= 15 is 0 Å². The summed E-state index contributed by atoms with van der Waals surface area (Å²) in [6.07, 6.45) is 0.875. The van der Waals surface area contributed by atoms with Crippen LogP contribution in [0.4, 0.5) is 0 Å². The highest BCUT2D eigenvalue weighted by molar-refractivity contribution is 6.35. The van der Waals surface area contributed by atoms with Crippen LogP contribution in [0.15, 0.2) is 29.3 Å². The Morgan fingerprint density at radius 2 is 2.08 bits per heavy atom. The first-order valence-electron chi connectivity index (χ1n) is 7.89. The van der Waals surface area contributed by atoms with Crippen molar-refractivity contribution in [1.29, 1.82) is 0 Å². The van der Waals surface area contributed by atoms with Crippen LogP contribution in [0.5, 0.6) is 0 Å². The zero-order chi connectivity index (χ0) is 17.7. The van der Waals surface area contributed by atoms with Crippen LogP contribution in [0, 0.1) is 13.8 Å². The van der Waals surface area contributed by atoms with Crippen molar-refractivity contribution in [2.75, 3.05) is 6.54 Å². The largest absolute Gasteiger partial charge is 0.370 e. The van der Waals surface area contributed by atoms with E-state index in [4.69, 9.17) is 28.9 Å². The minimum absolute atomic E-state index is 0.0467. The average molecular weight is 368 g/mol. The second kappa shape index (κ2) is 8.40. The van der Waals surface area contributed by atoms with Gasteiger partial charge in [-0.15, -0.1) is 0 Å². The van der Waals surface area contributed by atoms with Crippen molar-refractivity contribution in [3.05, 3.63) is 51.3 Å². The Balaban J connectivity index is 1.83. The first-order chi connectivity index (χ1) is 11.4. The van der Waals surface area contributed by atoms with E-state index in [1.54, 1.807) is 6.07 Å². The molecule has 1 atom stereocenters. The molecule has 24 heavy (non-hydrogen) atoms. The number of guanidine groups is 1. The number of halogens is 2. The monoisotopic (exact) mass is 367 g/mol. The average Bonchev–Trinajstić information content (AvgIpc) is 2.81. The number of hydrogen-bond acceptors (Lipinski definition) is 2. The third kappa shape index (κ3) is 5.14. The first-order valence-corrected chi connectivity index (χ1v) is 8.65. The molecular formula is C17H23Cl2N5. The van der Waals surface area contributed by atoms with E-state index < -0.39 is 0 Å². The van der Waals surface area contributed by atoms with Crippen molar-refractivity contribution in [2.45, 2.75) is 39.8 Å². The predicted octanol–water partition coefficient (Wildman–Crippen LogP) is 3.86. The van der Waals surface area contributed by atoms with Gasteiger partial charge in [0.05, 0.1) is 11.7 Å². The number of rotatable bonds is 6. The lowest BCUT2D eigenvalue weighted by atomic mass is 10.1. The Labute approximate surface area is 152 Å². The van der Waals surface area contributed by atoms with Crippen molar-refractivity contribution < 1.29 is 0 Å². The third-order valence-electron chi connectivity index (χ3n) is 3.71. The van der Waals surface area contributed by atoms with Gasteiger partial charge < -0.3 is 11.1 Å².